The van der Waals surface area contributed by atoms with Crippen molar-refractivity contribution in [3.05, 3.63) is 12.3 Å². The van der Waals surface area contributed by atoms with Crippen LogP contribution in [0.25, 0.3) is 0 Å². The average Bonchev–Trinajstić information content (AvgIpc) is 2.61. The minimum atomic E-state index is -0.254. The highest BCUT2D eigenvalue weighted by Crippen LogP contribution is 2.51. The van der Waals surface area contributed by atoms with Crippen molar-refractivity contribution < 1.29 is 14.6 Å². The largest absolute Gasteiger partial charge is 0.481 e. The molecule has 2 aliphatic rings. The summed E-state index contributed by atoms with van der Waals surface area (Å²) >= 11 is 0. The fraction of sp³-hybridized carbons (Fsp3) is 0.765. The van der Waals surface area contributed by atoms with Crippen LogP contribution in [-0.4, -0.2) is 79.6 Å². The van der Waals surface area contributed by atoms with Crippen LogP contribution < -0.4 is 9.64 Å². The van der Waals surface area contributed by atoms with Crippen LogP contribution in [0.15, 0.2) is 12.3 Å². The minimum Gasteiger partial charge on any atom is -0.481 e. The number of methoxy groups -OCH3 is 1. The standard InChI is InChI=1S/C17H28N4O3/c1-20(2)10-11-24-14-12-13(22)17(14)5-8-21(9-6-17)16-18-7-4-15(19-16)23-3/h4,7,13-14,22H,5-6,8-12H2,1-3H3/t13-,14+/m1/s1. The summed E-state index contributed by atoms with van der Waals surface area (Å²) in [7, 11) is 5.69. The zero-order chi connectivity index (χ0) is 17.2. The molecule has 24 heavy (non-hydrogen) atoms. The molecule has 7 nitrogen and oxygen atoms in total. The van der Waals surface area contributed by atoms with E-state index in [-0.39, 0.29) is 17.6 Å². The number of piperidine rings is 1. The second-order valence-electron chi connectivity index (χ2n) is 7.03. The van der Waals surface area contributed by atoms with Crippen LogP contribution in [0, 0.1) is 5.41 Å². The molecular formula is C17H28N4O3. The van der Waals surface area contributed by atoms with Crippen molar-refractivity contribution in [2.45, 2.75) is 31.5 Å². The first kappa shape index (κ1) is 17.4. The molecule has 1 aromatic heterocycles. The maximum Gasteiger partial charge on any atom is 0.228 e. The van der Waals surface area contributed by atoms with Crippen molar-refractivity contribution in [2.75, 3.05) is 52.3 Å². The summed E-state index contributed by atoms with van der Waals surface area (Å²) in [6.45, 7) is 3.29. The van der Waals surface area contributed by atoms with E-state index in [4.69, 9.17) is 9.47 Å². The van der Waals surface area contributed by atoms with Crippen molar-refractivity contribution >= 4 is 5.95 Å². The van der Waals surface area contributed by atoms with Gasteiger partial charge in [0, 0.05) is 43.7 Å². The average molecular weight is 336 g/mol. The van der Waals surface area contributed by atoms with Gasteiger partial charge >= 0.3 is 0 Å². The second-order valence-corrected chi connectivity index (χ2v) is 7.03. The summed E-state index contributed by atoms with van der Waals surface area (Å²) in [5.41, 5.74) is -0.0956. The van der Waals surface area contributed by atoms with E-state index in [1.807, 2.05) is 14.1 Å². The molecule has 0 amide bonds. The monoisotopic (exact) mass is 336 g/mol. The lowest BCUT2D eigenvalue weighted by molar-refractivity contribution is -0.202. The molecule has 1 N–H and O–H groups in total. The molecule has 0 bridgehead atoms. The highest BCUT2D eigenvalue weighted by molar-refractivity contribution is 5.33. The Morgan fingerprint density at radius 1 is 1.38 bits per heavy atom. The topological polar surface area (TPSA) is 71.0 Å². The number of nitrogens with zero attached hydrogens (tertiary/aromatic N) is 4. The summed E-state index contributed by atoms with van der Waals surface area (Å²) in [5.74, 6) is 1.27. The number of aromatic nitrogens is 2. The van der Waals surface area contributed by atoms with Gasteiger partial charge in [-0.25, -0.2) is 4.98 Å². The van der Waals surface area contributed by atoms with Gasteiger partial charge in [0.2, 0.25) is 11.8 Å². The van der Waals surface area contributed by atoms with Crippen LogP contribution in [0.2, 0.25) is 0 Å². The molecule has 0 radical (unpaired) electrons. The van der Waals surface area contributed by atoms with Crippen LogP contribution in [0.1, 0.15) is 19.3 Å². The summed E-state index contributed by atoms with van der Waals surface area (Å²) in [6.07, 6.45) is 4.19. The highest BCUT2D eigenvalue weighted by atomic mass is 16.5. The van der Waals surface area contributed by atoms with Gasteiger partial charge < -0.3 is 24.4 Å². The van der Waals surface area contributed by atoms with E-state index in [0.29, 0.717) is 11.8 Å². The number of anilines is 1. The Balaban J connectivity index is 1.58. The number of hydrogen-bond acceptors (Lipinski definition) is 7. The Bertz CT molecular complexity index is 546. The van der Waals surface area contributed by atoms with Gasteiger partial charge in [0.15, 0.2) is 0 Å². The van der Waals surface area contributed by atoms with Crippen LogP contribution in [0.3, 0.4) is 0 Å². The van der Waals surface area contributed by atoms with Crippen molar-refractivity contribution in [1.82, 2.24) is 14.9 Å². The van der Waals surface area contributed by atoms with Gasteiger partial charge in [-0.2, -0.15) is 4.98 Å². The molecule has 134 valence electrons. The van der Waals surface area contributed by atoms with Gasteiger partial charge in [-0.3, -0.25) is 0 Å². The van der Waals surface area contributed by atoms with Gasteiger partial charge in [-0.15, -0.1) is 0 Å². The highest BCUT2D eigenvalue weighted by Gasteiger charge is 2.56. The molecule has 7 heteroatoms. The van der Waals surface area contributed by atoms with Gasteiger partial charge in [0.25, 0.3) is 0 Å². The van der Waals surface area contributed by atoms with Crippen molar-refractivity contribution in [1.29, 1.82) is 0 Å². The molecule has 0 aromatic carbocycles. The maximum atomic E-state index is 10.4. The molecule has 3 rings (SSSR count). The lowest BCUT2D eigenvalue weighted by Gasteiger charge is -2.56. The van der Waals surface area contributed by atoms with Crippen LogP contribution in [-0.2, 0) is 4.74 Å². The predicted octanol–water partition coefficient (Wildman–Crippen LogP) is 0.783. The van der Waals surface area contributed by atoms with Crippen LogP contribution in [0.4, 0.5) is 5.95 Å². The normalized spacial score (nSPS) is 25.8. The Morgan fingerprint density at radius 2 is 2.12 bits per heavy atom. The number of hydrogen-bond donors (Lipinski definition) is 1. The van der Waals surface area contributed by atoms with Gasteiger partial charge in [0.1, 0.15) is 0 Å². The number of aliphatic hydroxyl groups excluding tert-OH is 1. The number of ether oxygens (including phenoxy) is 2. The van der Waals surface area contributed by atoms with Crippen LogP contribution >= 0.6 is 0 Å². The third kappa shape index (κ3) is 3.34. The summed E-state index contributed by atoms with van der Waals surface area (Å²) in [6, 6.07) is 1.75. The molecular weight excluding hydrogens is 308 g/mol. The second kappa shape index (κ2) is 7.21. The molecule has 0 unspecified atom stereocenters. The van der Waals surface area contributed by atoms with Crippen molar-refractivity contribution in [2.24, 2.45) is 5.41 Å². The molecule has 1 aromatic rings. The summed E-state index contributed by atoms with van der Waals surface area (Å²) in [4.78, 5) is 13.0. The molecule has 1 spiro atoms. The van der Waals surface area contributed by atoms with E-state index in [1.54, 1.807) is 19.4 Å². The van der Waals surface area contributed by atoms with E-state index < -0.39 is 0 Å². The smallest absolute Gasteiger partial charge is 0.228 e. The van der Waals surface area contributed by atoms with Crippen LogP contribution in [0.5, 0.6) is 5.88 Å². The zero-order valence-electron chi connectivity index (χ0n) is 14.8. The minimum absolute atomic E-state index is 0.0956. The summed E-state index contributed by atoms with van der Waals surface area (Å²) in [5, 5.41) is 10.4. The van der Waals surface area contributed by atoms with E-state index in [9.17, 15) is 5.11 Å². The van der Waals surface area contributed by atoms with Gasteiger partial charge in [-0.05, 0) is 26.9 Å². The molecule has 1 aliphatic heterocycles. The fourth-order valence-electron chi connectivity index (χ4n) is 3.71. The lowest BCUT2D eigenvalue weighted by Crippen LogP contribution is -2.62. The third-order valence-corrected chi connectivity index (χ3v) is 5.40. The van der Waals surface area contributed by atoms with Gasteiger partial charge in [-0.1, -0.05) is 0 Å². The quantitative estimate of drug-likeness (QED) is 0.823. The zero-order valence-corrected chi connectivity index (χ0v) is 14.8. The van der Waals surface area contributed by atoms with E-state index in [1.165, 1.54) is 0 Å². The summed E-state index contributed by atoms with van der Waals surface area (Å²) < 4.78 is 11.2. The molecule has 1 saturated heterocycles. The Labute approximate surface area is 143 Å². The Morgan fingerprint density at radius 3 is 2.75 bits per heavy atom. The number of rotatable bonds is 6. The van der Waals surface area contributed by atoms with Crippen molar-refractivity contribution in [3.8, 4) is 5.88 Å². The van der Waals surface area contributed by atoms with E-state index in [2.05, 4.69) is 19.8 Å². The number of aliphatic hydroxyl groups is 1. The van der Waals surface area contributed by atoms with Crippen molar-refractivity contribution in [3.63, 3.8) is 0 Å². The Kier molecular flexibility index (Phi) is 5.22. The molecule has 2 fully saturated rings. The van der Waals surface area contributed by atoms with Gasteiger partial charge in [0.05, 0.1) is 25.9 Å². The molecule has 1 saturated carbocycles. The lowest BCUT2D eigenvalue weighted by atomic mass is 9.58. The molecule has 2 heterocycles. The molecule has 2 atom stereocenters. The maximum absolute atomic E-state index is 10.4. The first-order chi connectivity index (χ1) is 11.5. The first-order valence-electron chi connectivity index (χ1n) is 8.61. The first-order valence-corrected chi connectivity index (χ1v) is 8.61. The SMILES string of the molecule is COc1ccnc(N2CCC3(CC2)[C@H](O)C[C@@H]3OCCN(C)C)n1. The molecule has 1 aliphatic carbocycles. The van der Waals surface area contributed by atoms with E-state index >= 15 is 0 Å². The fourth-order valence-corrected chi connectivity index (χ4v) is 3.71. The third-order valence-electron chi connectivity index (χ3n) is 5.40. The predicted molar refractivity (Wildman–Crippen MR) is 91.4 cm³/mol. The Hall–Kier alpha value is -1.44. The van der Waals surface area contributed by atoms with E-state index in [0.717, 1.165) is 45.5 Å². The number of likely N-dealkylation sites (N-methyl/N-ethyl adjacent to an activating group) is 1.